The van der Waals surface area contributed by atoms with Gasteiger partial charge in [0.2, 0.25) is 5.91 Å². The molecule has 4 aromatic rings. The molecule has 0 aliphatic carbocycles. The number of nitrogens with zero attached hydrogens (tertiary/aromatic N) is 2. The summed E-state index contributed by atoms with van der Waals surface area (Å²) in [7, 11) is 1.64. The molecule has 1 amide bonds. The van der Waals surface area contributed by atoms with E-state index < -0.39 is 0 Å². The summed E-state index contributed by atoms with van der Waals surface area (Å²) in [6.07, 6.45) is 4.32. The summed E-state index contributed by atoms with van der Waals surface area (Å²) in [4.78, 5) is 17.9. The van der Waals surface area contributed by atoms with Gasteiger partial charge in [0.1, 0.15) is 23.8 Å². The molecule has 0 radical (unpaired) electrons. The number of benzene rings is 2. The van der Waals surface area contributed by atoms with Crippen molar-refractivity contribution in [3.63, 3.8) is 0 Å². The lowest BCUT2D eigenvalue weighted by atomic mass is 10.3. The molecular formula is C24H23N3O3S. The van der Waals surface area contributed by atoms with Gasteiger partial charge in [-0.2, -0.15) is 0 Å². The number of amides is 1. The maximum atomic E-state index is 12.3. The van der Waals surface area contributed by atoms with Gasteiger partial charge in [0.25, 0.3) is 0 Å². The van der Waals surface area contributed by atoms with Crippen LogP contribution in [0, 0.1) is 0 Å². The predicted octanol–water partition coefficient (Wildman–Crippen LogP) is 5.04. The molecule has 0 saturated heterocycles. The maximum absolute atomic E-state index is 12.3. The third-order valence-corrected chi connectivity index (χ3v) is 5.59. The highest BCUT2D eigenvalue weighted by Gasteiger charge is 2.06. The number of anilines is 1. The minimum Gasteiger partial charge on any atom is -0.497 e. The minimum atomic E-state index is -0.0292. The van der Waals surface area contributed by atoms with Gasteiger partial charge in [-0.3, -0.25) is 4.79 Å². The number of methoxy groups -OCH3 is 1. The zero-order valence-corrected chi connectivity index (χ0v) is 18.0. The summed E-state index contributed by atoms with van der Waals surface area (Å²) < 4.78 is 13.0. The molecule has 0 unspecified atom stereocenters. The molecule has 6 nitrogen and oxygen atoms in total. The third-order valence-electron chi connectivity index (χ3n) is 4.58. The van der Waals surface area contributed by atoms with E-state index >= 15 is 0 Å². The Labute approximate surface area is 185 Å². The van der Waals surface area contributed by atoms with Crippen molar-refractivity contribution in [3.05, 3.63) is 84.8 Å². The van der Waals surface area contributed by atoms with Crippen LogP contribution in [0.2, 0.25) is 0 Å². The highest BCUT2D eigenvalue weighted by atomic mass is 32.2. The number of imidazole rings is 1. The molecular weight excluding hydrogens is 410 g/mol. The Balaban J connectivity index is 1.25. The number of carbonyl (C=O) groups is 1. The van der Waals surface area contributed by atoms with Crippen LogP contribution < -0.4 is 14.8 Å². The number of carbonyl (C=O) groups excluding carboxylic acids is 1. The van der Waals surface area contributed by atoms with E-state index in [1.165, 1.54) is 0 Å². The minimum absolute atomic E-state index is 0.0292. The van der Waals surface area contributed by atoms with Crippen LogP contribution in [0.15, 0.2) is 84.0 Å². The van der Waals surface area contributed by atoms with Gasteiger partial charge in [-0.15, -0.1) is 11.8 Å². The molecule has 7 heteroatoms. The van der Waals surface area contributed by atoms with Crippen molar-refractivity contribution in [2.24, 2.45) is 0 Å². The van der Waals surface area contributed by atoms with Gasteiger partial charge in [0.15, 0.2) is 0 Å². The van der Waals surface area contributed by atoms with E-state index in [0.717, 1.165) is 22.0 Å². The smallest absolute Gasteiger partial charge is 0.225 e. The molecule has 1 N–H and O–H groups in total. The largest absolute Gasteiger partial charge is 0.497 e. The lowest BCUT2D eigenvalue weighted by Crippen LogP contribution is -2.12. The van der Waals surface area contributed by atoms with Crippen molar-refractivity contribution in [1.29, 1.82) is 0 Å². The van der Waals surface area contributed by atoms with Crippen molar-refractivity contribution < 1.29 is 14.3 Å². The molecule has 0 bridgehead atoms. The standard InChI is InChI=1S/C24H23N3O3S/c1-29-20-8-10-22(11-9-20)31-14-12-24(28)26-18-5-4-6-21(15-18)30-17-19-16-27-13-3-2-7-23(27)25-19/h2-11,13,15-16H,12,14,17H2,1H3,(H,26,28). The normalized spacial score (nSPS) is 10.7. The van der Waals surface area contributed by atoms with Crippen molar-refractivity contribution in [2.45, 2.75) is 17.9 Å². The number of aromatic nitrogens is 2. The van der Waals surface area contributed by atoms with Gasteiger partial charge < -0.3 is 19.2 Å². The first-order chi connectivity index (χ1) is 15.2. The lowest BCUT2D eigenvalue weighted by molar-refractivity contribution is -0.115. The number of fused-ring (bicyclic) bond motifs is 1. The van der Waals surface area contributed by atoms with E-state index in [9.17, 15) is 4.79 Å². The second-order valence-corrected chi connectivity index (χ2v) is 8.01. The van der Waals surface area contributed by atoms with E-state index in [2.05, 4.69) is 10.3 Å². The molecule has 4 rings (SSSR count). The fourth-order valence-corrected chi connectivity index (χ4v) is 3.89. The second-order valence-electron chi connectivity index (χ2n) is 6.84. The molecule has 0 fully saturated rings. The Hall–Kier alpha value is -3.45. The van der Waals surface area contributed by atoms with Gasteiger partial charge in [-0.1, -0.05) is 12.1 Å². The van der Waals surface area contributed by atoms with E-state index in [1.54, 1.807) is 18.9 Å². The van der Waals surface area contributed by atoms with Crippen LogP contribution in [0.4, 0.5) is 5.69 Å². The molecule has 0 aliphatic rings. The van der Waals surface area contributed by atoms with Crippen LogP contribution >= 0.6 is 11.8 Å². The van der Waals surface area contributed by atoms with Crippen LogP contribution in [-0.4, -0.2) is 28.2 Å². The number of hydrogen-bond donors (Lipinski definition) is 1. The maximum Gasteiger partial charge on any atom is 0.225 e. The first-order valence-electron chi connectivity index (χ1n) is 9.92. The Kier molecular flexibility index (Phi) is 6.74. The average Bonchev–Trinajstić information content (AvgIpc) is 3.21. The van der Waals surface area contributed by atoms with Crippen LogP contribution in [0.25, 0.3) is 5.65 Å². The Morgan fingerprint density at radius 1 is 1.06 bits per heavy atom. The molecule has 0 aliphatic heterocycles. The zero-order valence-electron chi connectivity index (χ0n) is 17.2. The summed E-state index contributed by atoms with van der Waals surface area (Å²) in [5.74, 6) is 2.17. The van der Waals surface area contributed by atoms with Crippen LogP contribution in [0.1, 0.15) is 12.1 Å². The number of thioether (sulfide) groups is 1. The molecule has 0 atom stereocenters. The van der Waals surface area contributed by atoms with E-state index in [-0.39, 0.29) is 5.91 Å². The SMILES string of the molecule is COc1ccc(SCCC(=O)Nc2cccc(OCc3cn4ccccc4n3)c2)cc1. The number of nitrogens with one attached hydrogen (secondary N) is 1. The number of rotatable bonds is 9. The molecule has 158 valence electrons. The number of ether oxygens (including phenoxy) is 2. The molecule has 0 saturated carbocycles. The molecule has 2 aromatic carbocycles. The topological polar surface area (TPSA) is 64.9 Å². The summed E-state index contributed by atoms with van der Waals surface area (Å²) in [6.45, 7) is 0.359. The summed E-state index contributed by atoms with van der Waals surface area (Å²) in [5, 5.41) is 2.93. The monoisotopic (exact) mass is 433 g/mol. The number of pyridine rings is 1. The van der Waals surface area contributed by atoms with Crippen molar-refractivity contribution in [3.8, 4) is 11.5 Å². The average molecular weight is 434 g/mol. The van der Waals surface area contributed by atoms with Crippen LogP contribution in [0.3, 0.4) is 0 Å². The molecule has 2 heterocycles. The van der Waals surface area contributed by atoms with E-state index in [1.807, 2.05) is 83.5 Å². The predicted molar refractivity (Wildman–Crippen MR) is 123 cm³/mol. The first-order valence-corrected chi connectivity index (χ1v) is 10.9. The highest BCUT2D eigenvalue weighted by molar-refractivity contribution is 7.99. The van der Waals surface area contributed by atoms with Gasteiger partial charge >= 0.3 is 0 Å². The van der Waals surface area contributed by atoms with Crippen LogP contribution in [-0.2, 0) is 11.4 Å². The molecule has 2 aromatic heterocycles. The van der Waals surface area contributed by atoms with Gasteiger partial charge in [0, 0.05) is 41.2 Å². The molecule has 31 heavy (non-hydrogen) atoms. The first kappa shape index (κ1) is 20.8. The highest BCUT2D eigenvalue weighted by Crippen LogP contribution is 2.23. The van der Waals surface area contributed by atoms with E-state index in [0.29, 0.717) is 30.2 Å². The van der Waals surface area contributed by atoms with Crippen LogP contribution in [0.5, 0.6) is 11.5 Å². The van der Waals surface area contributed by atoms with Gasteiger partial charge in [-0.05, 0) is 48.5 Å². The fraction of sp³-hybridized carbons (Fsp3) is 0.167. The van der Waals surface area contributed by atoms with Gasteiger partial charge in [-0.25, -0.2) is 4.98 Å². The van der Waals surface area contributed by atoms with Crippen molar-refractivity contribution in [2.75, 3.05) is 18.2 Å². The lowest BCUT2D eigenvalue weighted by Gasteiger charge is -2.09. The fourth-order valence-electron chi connectivity index (χ4n) is 3.03. The van der Waals surface area contributed by atoms with Crippen molar-refractivity contribution >= 4 is 29.0 Å². The van der Waals surface area contributed by atoms with Crippen molar-refractivity contribution in [1.82, 2.24) is 9.38 Å². The van der Waals surface area contributed by atoms with Gasteiger partial charge in [0.05, 0.1) is 12.8 Å². The Morgan fingerprint density at radius 3 is 2.74 bits per heavy atom. The Bertz CT molecular complexity index is 1130. The summed E-state index contributed by atoms with van der Waals surface area (Å²) in [6, 6.07) is 21.1. The molecule has 0 spiro atoms. The quantitative estimate of drug-likeness (QED) is 0.375. The summed E-state index contributed by atoms with van der Waals surface area (Å²) >= 11 is 1.64. The Morgan fingerprint density at radius 2 is 1.94 bits per heavy atom. The number of hydrogen-bond acceptors (Lipinski definition) is 5. The zero-order chi connectivity index (χ0) is 21.5. The summed E-state index contributed by atoms with van der Waals surface area (Å²) in [5.41, 5.74) is 2.44. The van der Waals surface area contributed by atoms with E-state index in [4.69, 9.17) is 9.47 Å². The third kappa shape index (κ3) is 5.79. The second kappa shape index (κ2) is 10.0.